The van der Waals surface area contributed by atoms with Crippen LogP contribution in [0.5, 0.6) is 0 Å². The number of hydrogen-bond acceptors (Lipinski definition) is 1. The van der Waals surface area contributed by atoms with E-state index in [2.05, 4.69) is 41.5 Å². The van der Waals surface area contributed by atoms with Gasteiger partial charge in [0, 0.05) is 6.10 Å². The molecule has 0 aromatic rings. The van der Waals surface area contributed by atoms with Crippen LogP contribution in [0, 0.1) is 5.92 Å². The molecule has 0 spiro atoms. The molecular formula is C13H28OSi. The first kappa shape index (κ1) is 13.2. The van der Waals surface area contributed by atoms with E-state index in [0.717, 1.165) is 11.1 Å². The third-order valence-corrected chi connectivity index (χ3v) is 9.91. The van der Waals surface area contributed by atoms with Crippen molar-refractivity contribution in [3.63, 3.8) is 0 Å². The molecule has 1 aliphatic rings. The summed E-state index contributed by atoms with van der Waals surface area (Å²) in [5, 5.41) is 0. The Morgan fingerprint density at radius 2 is 1.53 bits per heavy atom. The summed E-state index contributed by atoms with van der Waals surface area (Å²) >= 11 is 0. The molecule has 15 heavy (non-hydrogen) atoms. The molecule has 1 atom stereocenters. The Morgan fingerprint density at radius 1 is 1.00 bits per heavy atom. The molecule has 1 nitrogen and oxygen atoms in total. The highest BCUT2D eigenvalue weighted by molar-refractivity contribution is 6.76. The second-order valence-corrected chi connectivity index (χ2v) is 11.0. The fraction of sp³-hybridized carbons (Fsp3) is 1.00. The lowest BCUT2D eigenvalue weighted by molar-refractivity contribution is 0.104. The molecule has 1 heterocycles. The van der Waals surface area contributed by atoms with Gasteiger partial charge >= 0.3 is 0 Å². The summed E-state index contributed by atoms with van der Waals surface area (Å²) in [7, 11) is -1.46. The van der Waals surface area contributed by atoms with E-state index in [9.17, 15) is 0 Å². The molecular weight excluding hydrogens is 200 g/mol. The van der Waals surface area contributed by atoms with Gasteiger partial charge in [0.15, 0.2) is 8.32 Å². The fourth-order valence-electron chi connectivity index (χ4n) is 2.96. The average molecular weight is 228 g/mol. The van der Waals surface area contributed by atoms with E-state index in [1.54, 1.807) is 0 Å². The molecule has 0 aliphatic carbocycles. The minimum absolute atomic E-state index is 0.537. The van der Waals surface area contributed by atoms with Gasteiger partial charge in [0.05, 0.1) is 0 Å². The Bertz CT molecular complexity index is 191. The van der Waals surface area contributed by atoms with Crippen LogP contribution in [0.1, 0.15) is 54.4 Å². The monoisotopic (exact) mass is 228 g/mol. The van der Waals surface area contributed by atoms with Crippen molar-refractivity contribution in [2.45, 2.75) is 77.6 Å². The SMILES string of the molecule is CC(C)C1CCC[Si](C(C)C)(C(C)C)O1. The molecule has 1 rings (SSSR count). The second-order valence-electron chi connectivity index (χ2n) is 6.06. The van der Waals surface area contributed by atoms with Crippen molar-refractivity contribution in [2.24, 2.45) is 5.92 Å². The van der Waals surface area contributed by atoms with Crippen molar-refractivity contribution >= 4 is 8.32 Å². The van der Waals surface area contributed by atoms with Crippen LogP contribution in [0.3, 0.4) is 0 Å². The summed E-state index contributed by atoms with van der Waals surface area (Å²) < 4.78 is 6.60. The first-order chi connectivity index (χ1) is 6.90. The molecule has 0 aromatic heterocycles. The van der Waals surface area contributed by atoms with Crippen molar-refractivity contribution in [1.82, 2.24) is 0 Å². The second kappa shape index (κ2) is 5.01. The molecule has 0 amide bonds. The summed E-state index contributed by atoms with van der Waals surface area (Å²) in [6.07, 6.45) is 3.22. The van der Waals surface area contributed by atoms with Crippen molar-refractivity contribution < 1.29 is 4.43 Å². The fourth-order valence-corrected chi connectivity index (χ4v) is 7.83. The smallest absolute Gasteiger partial charge is 0.198 e. The normalized spacial score (nSPS) is 26.6. The molecule has 1 aliphatic heterocycles. The van der Waals surface area contributed by atoms with E-state index in [-0.39, 0.29) is 0 Å². The summed E-state index contributed by atoms with van der Waals surface area (Å²) in [6, 6.07) is 1.38. The molecule has 0 radical (unpaired) electrons. The molecule has 0 N–H and O–H groups in total. The molecule has 2 heteroatoms. The molecule has 1 saturated heterocycles. The quantitative estimate of drug-likeness (QED) is 0.642. The third-order valence-electron chi connectivity index (χ3n) is 4.13. The Hall–Kier alpha value is 0.177. The van der Waals surface area contributed by atoms with Gasteiger partial charge in [-0.1, -0.05) is 48.0 Å². The van der Waals surface area contributed by atoms with Crippen LogP contribution >= 0.6 is 0 Å². The van der Waals surface area contributed by atoms with Gasteiger partial charge in [0.1, 0.15) is 0 Å². The van der Waals surface area contributed by atoms with E-state index in [0.29, 0.717) is 12.0 Å². The average Bonchev–Trinajstić information content (AvgIpc) is 2.17. The summed E-state index contributed by atoms with van der Waals surface area (Å²) in [5.74, 6) is 0.690. The Morgan fingerprint density at radius 3 is 1.93 bits per heavy atom. The van der Waals surface area contributed by atoms with Crippen molar-refractivity contribution in [1.29, 1.82) is 0 Å². The molecule has 0 bridgehead atoms. The first-order valence-electron chi connectivity index (χ1n) is 6.58. The molecule has 1 fully saturated rings. The Kier molecular flexibility index (Phi) is 4.42. The highest BCUT2D eigenvalue weighted by Gasteiger charge is 2.46. The van der Waals surface area contributed by atoms with Gasteiger partial charge in [0.25, 0.3) is 0 Å². The van der Waals surface area contributed by atoms with Gasteiger partial charge in [0.2, 0.25) is 0 Å². The topological polar surface area (TPSA) is 9.23 Å². The van der Waals surface area contributed by atoms with E-state index in [1.165, 1.54) is 18.9 Å². The van der Waals surface area contributed by atoms with Crippen molar-refractivity contribution in [3.8, 4) is 0 Å². The molecule has 90 valence electrons. The van der Waals surface area contributed by atoms with Gasteiger partial charge in [-0.05, 0) is 29.5 Å². The van der Waals surface area contributed by atoms with Gasteiger partial charge < -0.3 is 4.43 Å². The molecule has 0 saturated carbocycles. The molecule has 0 aromatic carbocycles. The largest absolute Gasteiger partial charge is 0.413 e. The van der Waals surface area contributed by atoms with Crippen LogP contribution in [-0.4, -0.2) is 14.4 Å². The standard InChI is InChI=1S/C13H28OSi/c1-10(2)13-8-7-9-15(14-13,11(3)4)12(5)6/h10-13H,7-9H2,1-6H3. The maximum absolute atomic E-state index is 6.60. The zero-order valence-corrected chi connectivity index (χ0v) is 12.3. The van der Waals surface area contributed by atoms with Gasteiger partial charge in [-0.25, -0.2) is 0 Å². The molecule has 1 unspecified atom stereocenters. The summed E-state index contributed by atoms with van der Waals surface area (Å²) in [5.41, 5.74) is 1.53. The van der Waals surface area contributed by atoms with Crippen molar-refractivity contribution in [3.05, 3.63) is 0 Å². The van der Waals surface area contributed by atoms with Crippen molar-refractivity contribution in [2.75, 3.05) is 0 Å². The Balaban J connectivity index is 2.80. The Labute approximate surface area is 96.7 Å². The zero-order valence-electron chi connectivity index (χ0n) is 11.3. The van der Waals surface area contributed by atoms with E-state index >= 15 is 0 Å². The van der Waals surface area contributed by atoms with Gasteiger partial charge in [-0.3, -0.25) is 0 Å². The lowest BCUT2D eigenvalue weighted by atomic mass is 10.0. The predicted molar refractivity (Wildman–Crippen MR) is 69.7 cm³/mol. The maximum atomic E-state index is 6.60. The van der Waals surface area contributed by atoms with Gasteiger partial charge in [-0.2, -0.15) is 0 Å². The predicted octanol–water partition coefficient (Wildman–Crippen LogP) is 4.59. The van der Waals surface area contributed by atoms with Crippen LogP contribution in [0.2, 0.25) is 17.1 Å². The van der Waals surface area contributed by atoms with E-state index in [4.69, 9.17) is 4.43 Å². The van der Waals surface area contributed by atoms with Crippen LogP contribution in [0.25, 0.3) is 0 Å². The highest BCUT2D eigenvalue weighted by atomic mass is 28.4. The minimum atomic E-state index is -1.46. The van der Waals surface area contributed by atoms with Crippen LogP contribution in [-0.2, 0) is 4.43 Å². The highest BCUT2D eigenvalue weighted by Crippen LogP contribution is 2.43. The third kappa shape index (κ3) is 2.65. The van der Waals surface area contributed by atoms with E-state index < -0.39 is 8.32 Å². The number of rotatable bonds is 3. The van der Waals surface area contributed by atoms with Crippen LogP contribution in [0.15, 0.2) is 0 Å². The lowest BCUT2D eigenvalue weighted by Crippen LogP contribution is -2.51. The van der Waals surface area contributed by atoms with E-state index in [1.807, 2.05) is 0 Å². The zero-order chi connectivity index (χ0) is 11.6. The first-order valence-corrected chi connectivity index (χ1v) is 8.85. The number of hydrogen-bond donors (Lipinski definition) is 0. The summed E-state index contributed by atoms with van der Waals surface area (Å²) in [4.78, 5) is 0. The lowest BCUT2D eigenvalue weighted by Gasteiger charge is -2.46. The maximum Gasteiger partial charge on any atom is 0.198 e. The minimum Gasteiger partial charge on any atom is -0.413 e. The van der Waals surface area contributed by atoms with Crippen LogP contribution in [0.4, 0.5) is 0 Å². The summed E-state index contributed by atoms with van der Waals surface area (Å²) in [6.45, 7) is 14.1. The van der Waals surface area contributed by atoms with Crippen LogP contribution < -0.4 is 0 Å². The van der Waals surface area contributed by atoms with Gasteiger partial charge in [-0.15, -0.1) is 0 Å².